The Bertz CT molecular complexity index is 1090. The van der Waals surface area contributed by atoms with E-state index in [-0.39, 0.29) is 5.54 Å². The molecule has 0 amide bonds. The fraction of sp³-hybridized carbons (Fsp3) is 0.370. The number of aromatic carboxylic acids is 1. The van der Waals surface area contributed by atoms with E-state index < -0.39 is 5.97 Å². The number of hydrogen-bond acceptors (Lipinski definition) is 4. The van der Waals surface area contributed by atoms with Crippen LogP contribution < -0.4 is 0 Å². The first-order valence-corrected chi connectivity index (χ1v) is 11.5. The van der Waals surface area contributed by atoms with Crippen molar-refractivity contribution < 1.29 is 9.90 Å². The van der Waals surface area contributed by atoms with E-state index in [1.165, 1.54) is 0 Å². The summed E-state index contributed by atoms with van der Waals surface area (Å²) in [5, 5.41) is 18.9. The van der Waals surface area contributed by atoms with Gasteiger partial charge in [-0.2, -0.15) is 5.26 Å². The summed E-state index contributed by atoms with van der Waals surface area (Å²) in [5.41, 5.74) is 3.86. The third kappa shape index (κ3) is 4.05. The van der Waals surface area contributed by atoms with Gasteiger partial charge in [-0.1, -0.05) is 68.7 Å². The Balaban J connectivity index is 1.63. The summed E-state index contributed by atoms with van der Waals surface area (Å²) in [5.74, 6) is 0.175. The van der Waals surface area contributed by atoms with Crippen LogP contribution in [0.2, 0.25) is 0 Å². The molecule has 1 saturated carbocycles. The predicted molar refractivity (Wildman–Crippen MR) is 126 cm³/mol. The van der Waals surface area contributed by atoms with Gasteiger partial charge in [0.15, 0.2) is 0 Å². The van der Waals surface area contributed by atoms with Crippen molar-refractivity contribution in [3.63, 3.8) is 0 Å². The molecule has 2 aromatic carbocycles. The Morgan fingerprint density at radius 1 is 1.19 bits per heavy atom. The van der Waals surface area contributed by atoms with Gasteiger partial charge in [0.1, 0.15) is 5.84 Å². The molecule has 32 heavy (non-hydrogen) atoms. The van der Waals surface area contributed by atoms with Crippen molar-refractivity contribution in [3.8, 4) is 17.2 Å². The maximum atomic E-state index is 11.6. The molecule has 0 bridgehead atoms. The van der Waals surface area contributed by atoms with E-state index in [9.17, 15) is 15.2 Å². The second kappa shape index (κ2) is 9.40. The van der Waals surface area contributed by atoms with Crippen LogP contribution in [0.1, 0.15) is 67.8 Å². The second-order valence-corrected chi connectivity index (χ2v) is 8.66. The number of aliphatic imine (C=N–C) groups is 1. The molecule has 1 N–H and O–H groups in total. The first kappa shape index (κ1) is 21.8. The Hall–Kier alpha value is -3.39. The van der Waals surface area contributed by atoms with Crippen molar-refractivity contribution in [1.82, 2.24) is 4.90 Å². The fourth-order valence-electron chi connectivity index (χ4n) is 5.06. The lowest BCUT2D eigenvalue weighted by Crippen LogP contribution is -2.46. The van der Waals surface area contributed by atoms with Crippen LogP contribution in [0.3, 0.4) is 0 Å². The van der Waals surface area contributed by atoms with Crippen LogP contribution in [-0.2, 0) is 6.54 Å². The summed E-state index contributed by atoms with van der Waals surface area (Å²) in [7, 11) is 0. The fourth-order valence-corrected chi connectivity index (χ4v) is 5.06. The number of benzene rings is 2. The molecule has 0 aromatic heterocycles. The predicted octanol–water partition coefficient (Wildman–Crippen LogP) is 6.18. The molecule has 5 heteroatoms. The Labute approximate surface area is 189 Å². The average molecular weight is 428 g/mol. The lowest BCUT2D eigenvalue weighted by atomic mass is 9.91. The summed E-state index contributed by atoms with van der Waals surface area (Å²) < 4.78 is 0. The van der Waals surface area contributed by atoms with Crippen LogP contribution in [0.15, 0.2) is 65.3 Å². The maximum absolute atomic E-state index is 11.6. The van der Waals surface area contributed by atoms with Crippen molar-refractivity contribution in [2.45, 2.75) is 64.0 Å². The van der Waals surface area contributed by atoms with E-state index in [0.29, 0.717) is 5.56 Å². The van der Waals surface area contributed by atoms with E-state index in [4.69, 9.17) is 4.99 Å². The zero-order chi connectivity index (χ0) is 22.6. The number of rotatable bonds is 7. The molecule has 1 heterocycles. The largest absolute Gasteiger partial charge is 0.478 e. The van der Waals surface area contributed by atoms with Crippen molar-refractivity contribution in [2.24, 2.45) is 4.99 Å². The number of carboxylic acids is 1. The minimum atomic E-state index is -0.918. The molecule has 5 nitrogen and oxygen atoms in total. The molecule has 1 fully saturated rings. The molecular formula is C27H29N3O2. The van der Waals surface area contributed by atoms with Crippen LogP contribution in [0, 0.1) is 11.3 Å². The third-order valence-electron chi connectivity index (χ3n) is 6.70. The van der Waals surface area contributed by atoms with E-state index in [1.807, 2.05) is 24.3 Å². The smallest absolute Gasteiger partial charge is 0.336 e. The van der Waals surface area contributed by atoms with Crippen LogP contribution >= 0.6 is 0 Å². The van der Waals surface area contributed by atoms with Gasteiger partial charge in [0.2, 0.25) is 0 Å². The molecule has 0 radical (unpaired) electrons. The van der Waals surface area contributed by atoms with Crippen molar-refractivity contribution in [1.29, 1.82) is 5.26 Å². The van der Waals surface area contributed by atoms with Gasteiger partial charge in [0, 0.05) is 19.0 Å². The molecule has 1 spiro atoms. The monoisotopic (exact) mass is 427 g/mol. The first-order valence-electron chi connectivity index (χ1n) is 11.5. The van der Waals surface area contributed by atoms with Crippen LogP contribution in [0.25, 0.3) is 11.1 Å². The van der Waals surface area contributed by atoms with Gasteiger partial charge in [-0.3, -0.25) is 0 Å². The number of nitrogens with zero attached hydrogens (tertiary/aromatic N) is 3. The summed E-state index contributed by atoms with van der Waals surface area (Å²) >= 11 is 0. The van der Waals surface area contributed by atoms with Gasteiger partial charge < -0.3 is 10.0 Å². The molecule has 2 aromatic rings. The summed E-state index contributed by atoms with van der Waals surface area (Å²) in [4.78, 5) is 19.0. The van der Waals surface area contributed by atoms with Gasteiger partial charge >= 0.3 is 5.97 Å². The van der Waals surface area contributed by atoms with Crippen LogP contribution in [0.5, 0.6) is 0 Å². The zero-order valence-electron chi connectivity index (χ0n) is 18.6. The molecule has 164 valence electrons. The van der Waals surface area contributed by atoms with Gasteiger partial charge in [-0.15, -0.1) is 0 Å². The number of nitriles is 1. The van der Waals surface area contributed by atoms with Gasteiger partial charge in [-0.05, 0) is 42.0 Å². The summed E-state index contributed by atoms with van der Waals surface area (Å²) in [6, 6.07) is 17.5. The SMILES string of the molecule is CCCCC1=N/C(=C/C#N)C2(CCCC2)N1Cc1ccc(-c2ccccc2C(=O)O)cc1. The molecular weight excluding hydrogens is 398 g/mol. The van der Waals surface area contributed by atoms with E-state index >= 15 is 0 Å². The van der Waals surface area contributed by atoms with Gasteiger partial charge in [-0.25, -0.2) is 9.79 Å². The average Bonchev–Trinajstić information content (AvgIpc) is 3.40. The van der Waals surface area contributed by atoms with Crippen LogP contribution in [0.4, 0.5) is 0 Å². The van der Waals surface area contributed by atoms with Gasteiger partial charge in [0.25, 0.3) is 0 Å². The van der Waals surface area contributed by atoms with E-state index in [2.05, 4.69) is 30.0 Å². The molecule has 0 unspecified atom stereocenters. The first-order chi connectivity index (χ1) is 15.6. The van der Waals surface area contributed by atoms with Crippen molar-refractivity contribution in [2.75, 3.05) is 0 Å². The maximum Gasteiger partial charge on any atom is 0.336 e. The lowest BCUT2D eigenvalue weighted by molar-refractivity contribution is 0.0697. The number of carboxylic acid groups (broad SMARTS) is 1. The lowest BCUT2D eigenvalue weighted by Gasteiger charge is -2.38. The highest BCUT2D eigenvalue weighted by molar-refractivity contribution is 5.96. The minimum Gasteiger partial charge on any atom is -0.478 e. The Morgan fingerprint density at radius 2 is 1.91 bits per heavy atom. The molecule has 0 saturated heterocycles. The summed E-state index contributed by atoms with van der Waals surface area (Å²) in [6.45, 7) is 2.93. The number of amidine groups is 1. The zero-order valence-corrected chi connectivity index (χ0v) is 18.6. The number of hydrogen-bond donors (Lipinski definition) is 1. The van der Waals surface area contributed by atoms with E-state index in [1.54, 1.807) is 18.2 Å². The van der Waals surface area contributed by atoms with Crippen molar-refractivity contribution in [3.05, 3.63) is 71.4 Å². The summed E-state index contributed by atoms with van der Waals surface area (Å²) in [6.07, 6.45) is 9.12. The third-order valence-corrected chi connectivity index (χ3v) is 6.70. The number of carbonyl (C=O) groups is 1. The molecule has 1 aliphatic heterocycles. The normalized spacial score (nSPS) is 18.2. The highest BCUT2D eigenvalue weighted by atomic mass is 16.4. The topological polar surface area (TPSA) is 76.7 Å². The Kier molecular flexibility index (Phi) is 6.41. The molecule has 4 rings (SSSR count). The molecule has 0 atom stereocenters. The van der Waals surface area contributed by atoms with Crippen LogP contribution in [-0.4, -0.2) is 27.4 Å². The molecule has 1 aliphatic carbocycles. The molecule has 2 aliphatic rings. The number of allylic oxidation sites excluding steroid dienone is 1. The van der Waals surface area contributed by atoms with Crippen molar-refractivity contribution >= 4 is 11.8 Å². The minimum absolute atomic E-state index is 0.159. The highest BCUT2D eigenvalue weighted by Gasteiger charge is 2.48. The van der Waals surface area contributed by atoms with Gasteiger partial charge in [0.05, 0.1) is 22.9 Å². The standard InChI is InChI=1S/C27H29N3O2/c1-2-3-10-25-29-24(15-18-28)27(16-6-7-17-27)30(25)19-20-11-13-21(14-12-20)22-8-4-5-9-23(22)26(31)32/h4-5,8-9,11-15H,2-3,6-7,10,16-17,19H2,1H3,(H,31,32)/b24-15+. The highest BCUT2D eigenvalue weighted by Crippen LogP contribution is 2.46. The van der Waals surface area contributed by atoms with E-state index in [0.717, 1.165) is 79.7 Å². The number of unbranched alkanes of at least 4 members (excludes halogenated alkanes) is 1. The second-order valence-electron chi connectivity index (χ2n) is 8.66. The Morgan fingerprint density at radius 3 is 2.56 bits per heavy atom. The quantitative estimate of drug-likeness (QED) is 0.536.